The zero-order chi connectivity index (χ0) is 19.2. The average molecular weight is 369 g/mol. The lowest BCUT2D eigenvalue weighted by atomic mass is 10.3. The van der Waals surface area contributed by atoms with Crippen LogP contribution in [-0.4, -0.2) is 42.4 Å². The fourth-order valence-electron chi connectivity index (χ4n) is 2.56. The van der Waals surface area contributed by atoms with Gasteiger partial charge in [-0.25, -0.2) is 4.79 Å². The maximum atomic E-state index is 12.6. The molecule has 2 amide bonds. The van der Waals surface area contributed by atoms with E-state index in [1.165, 1.54) is 0 Å². The Morgan fingerprint density at radius 3 is 2.89 bits per heavy atom. The van der Waals surface area contributed by atoms with E-state index in [9.17, 15) is 4.79 Å². The van der Waals surface area contributed by atoms with Gasteiger partial charge in [0.2, 0.25) is 11.7 Å². The number of aromatic nitrogens is 5. The van der Waals surface area contributed by atoms with Crippen LogP contribution in [-0.2, 0) is 13.1 Å². The minimum atomic E-state index is -0.421. The highest BCUT2D eigenvalue weighted by atomic mass is 16.5. The third-order valence-electron chi connectivity index (χ3n) is 4.10. The molecular formula is C18H23N7O2. The molecule has 3 heterocycles. The molecule has 0 radical (unpaired) electrons. The van der Waals surface area contributed by atoms with E-state index in [-0.39, 0.29) is 6.03 Å². The molecule has 1 atom stereocenters. The van der Waals surface area contributed by atoms with Gasteiger partial charge in [0.1, 0.15) is 11.7 Å². The van der Waals surface area contributed by atoms with E-state index in [4.69, 9.17) is 4.52 Å². The number of amides is 2. The fourth-order valence-corrected chi connectivity index (χ4v) is 2.56. The molecule has 0 bridgehead atoms. The molecule has 142 valence electrons. The highest BCUT2D eigenvalue weighted by molar-refractivity contribution is 5.74. The molecule has 3 aromatic rings. The molecule has 0 aromatic carbocycles. The lowest BCUT2D eigenvalue weighted by Gasteiger charge is -2.22. The highest BCUT2D eigenvalue weighted by Crippen LogP contribution is 2.16. The molecule has 0 spiro atoms. The highest BCUT2D eigenvalue weighted by Gasteiger charge is 2.21. The smallest absolute Gasteiger partial charge is 0.318 e. The summed E-state index contributed by atoms with van der Waals surface area (Å²) in [6, 6.07) is 4.84. The van der Waals surface area contributed by atoms with Gasteiger partial charge in [-0.1, -0.05) is 11.2 Å². The van der Waals surface area contributed by atoms with Gasteiger partial charge < -0.3 is 14.7 Å². The molecule has 0 aliphatic carbocycles. The number of hydrogen-bond donors (Lipinski definition) is 1. The van der Waals surface area contributed by atoms with Crippen molar-refractivity contribution >= 4 is 6.03 Å². The van der Waals surface area contributed by atoms with Crippen LogP contribution in [0.1, 0.15) is 38.3 Å². The van der Waals surface area contributed by atoms with Gasteiger partial charge in [-0.3, -0.25) is 9.67 Å². The number of hydrogen-bond acceptors (Lipinski definition) is 6. The van der Waals surface area contributed by atoms with Crippen LogP contribution in [0.5, 0.6) is 0 Å². The zero-order valence-electron chi connectivity index (χ0n) is 15.7. The largest absolute Gasteiger partial charge is 0.337 e. The summed E-state index contributed by atoms with van der Waals surface area (Å²) in [5.74, 6) is 0.727. The van der Waals surface area contributed by atoms with Gasteiger partial charge in [-0.15, -0.1) is 0 Å². The SMILES string of the molecule is CCN(Cc1cnn(CC)c1)C(=O)N[C@H](C)c1nc(-c2ccccn2)no1. The summed E-state index contributed by atoms with van der Waals surface area (Å²) >= 11 is 0. The second kappa shape index (κ2) is 8.43. The molecule has 9 nitrogen and oxygen atoms in total. The normalized spacial score (nSPS) is 12.0. The zero-order valence-corrected chi connectivity index (χ0v) is 15.7. The monoisotopic (exact) mass is 369 g/mol. The summed E-state index contributed by atoms with van der Waals surface area (Å²) in [4.78, 5) is 22.8. The van der Waals surface area contributed by atoms with Crippen LogP contribution in [0.2, 0.25) is 0 Å². The summed E-state index contributed by atoms with van der Waals surface area (Å²) in [7, 11) is 0. The Morgan fingerprint density at radius 2 is 2.22 bits per heavy atom. The van der Waals surface area contributed by atoms with E-state index in [0.29, 0.717) is 30.5 Å². The first-order valence-electron chi connectivity index (χ1n) is 8.92. The molecule has 0 saturated carbocycles. The maximum absolute atomic E-state index is 12.6. The Balaban J connectivity index is 1.63. The first-order valence-corrected chi connectivity index (χ1v) is 8.92. The molecule has 1 N–H and O–H groups in total. The number of nitrogens with one attached hydrogen (secondary N) is 1. The van der Waals surface area contributed by atoms with Gasteiger partial charge in [0, 0.05) is 31.0 Å². The van der Waals surface area contributed by atoms with Crippen LogP contribution in [0.25, 0.3) is 11.5 Å². The summed E-state index contributed by atoms with van der Waals surface area (Å²) in [6.07, 6.45) is 5.38. The third-order valence-corrected chi connectivity index (χ3v) is 4.10. The Bertz CT molecular complexity index is 875. The summed E-state index contributed by atoms with van der Waals surface area (Å²) < 4.78 is 7.12. The number of carbonyl (C=O) groups excluding carboxylic acids is 1. The molecule has 0 fully saturated rings. The van der Waals surface area contributed by atoms with Crippen molar-refractivity contribution in [2.24, 2.45) is 0 Å². The first-order chi connectivity index (χ1) is 13.1. The Morgan fingerprint density at radius 1 is 1.37 bits per heavy atom. The van der Waals surface area contributed by atoms with Crippen LogP contribution >= 0.6 is 0 Å². The standard InChI is InChI=1S/C18H23N7O2/c1-4-24(11-14-10-20-25(5-2)12-14)18(26)21-13(3)17-22-16(23-27-17)15-8-6-7-9-19-15/h6-10,12-13H,4-5,11H2,1-3H3,(H,21,26)/t13-/m1/s1. The summed E-state index contributed by atoms with van der Waals surface area (Å²) in [5.41, 5.74) is 1.60. The average Bonchev–Trinajstić information content (AvgIpc) is 3.36. The molecule has 0 unspecified atom stereocenters. The van der Waals surface area contributed by atoms with E-state index in [1.54, 1.807) is 30.3 Å². The molecule has 0 aliphatic heterocycles. The van der Waals surface area contributed by atoms with E-state index >= 15 is 0 Å². The van der Waals surface area contributed by atoms with Gasteiger partial charge in [0.15, 0.2) is 0 Å². The summed E-state index contributed by atoms with van der Waals surface area (Å²) in [6.45, 7) is 7.60. The van der Waals surface area contributed by atoms with Crippen LogP contribution in [0, 0.1) is 0 Å². The minimum Gasteiger partial charge on any atom is -0.337 e. The van der Waals surface area contributed by atoms with Crippen molar-refractivity contribution in [2.75, 3.05) is 6.54 Å². The van der Waals surface area contributed by atoms with Gasteiger partial charge in [0.05, 0.1) is 12.7 Å². The van der Waals surface area contributed by atoms with E-state index < -0.39 is 6.04 Å². The van der Waals surface area contributed by atoms with Crippen molar-refractivity contribution in [1.82, 2.24) is 35.1 Å². The molecule has 3 rings (SSSR count). The van der Waals surface area contributed by atoms with Gasteiger partial charge in [-0.2, -0.15) is 10.1 Å². The predicted octanol–water partition coefficient (Wildman–Crippen LogP) is 2.64. The van der Waals surface area contributed by atoms with Crippen LogP contribution in [0.4, 0.5) is 4.79 Å². The van der Waals surface area contributed by atoms with Crippen molar-refractivity contribution in [2.45, 2.75) is 39.9 Å². The number of aryl methyl sites for hydroxylation is 1. The molecule has 0 aliphatic rings. The maximum Gasteiger partial charge on any atom is 0.318 e. The molecular weight excluding hydrogens is 346 g/mol. The second-order valence-electron chi connectivity index (χ2n) is 6.06. The number of pyridine rings is 1. The van der Waals surface area contributed by atoms with E-state index in [1.807, 2.05) is 36.9 Å². The van der Waals surface area contributed by atoms with Crippen LogP contribution < -0.4 is 5.32 Å². The quantitative estimate of drug-likeness (QED) is 0.687. The molecule has 0 saturated heterocycles. The molecule has 3 aromatic heterocycles. The predicted molar refractivity (Wildman–Crippen MR) is 98.5 cm³/mol. The lowest BCUT2D eigenvalue weighted by Crippen LogP contribution is -2.40. The minimum absolute atomic E-state index is 0.202. The van der Waals surface area contributed by atoms with Crippen molar-refractivity contribution < 1.29 is 9.32 Å². The lowest BCUT2D eigenvalue weighted by molar-refractivity contribution is 0.191. The number of carbonyl (C=O) groups is 1. The molecule has 27 heavy (non-hydrogen) atoms. The number of rotatable bonds is 7. The van der Waals surface area contributed by atoms with Crippen molar-refractivity contribution in [3.05, 3.63) is 48.2 Å². The Hall–Kier alpha value is -3.23. The van der Waals surface area contributed by atoms with Crippen molar-refractivity contribution in [3.8, 4) is 11.5 Å². The van der Waals surface area contributed by atoms with E-state index in [2.05, 4.69) is 25.5 Å². The van der Waals surface area contributed by atoms with E-state index in [0.717, 1.165) is 12.1 Å². The summed E-state index contributed by atoms with van der Waals surface area (Å²) in [5, 5.41) is 11.1. The topological polar surface area (TPSA) is 102 Å². The van der Waals surface area contributed by atoms with Gasteiger partial charge in [0.25, 0.3) is 0 Å². The number of nitrogens with zero attached hydrogens (tertiary/aromatic N) is 6. The third kappa shape index (κ3) is 4.49. The van der Waals surface area contributed by atoms with Crippen molar-refractivity contribution in [3.63, 3.8) is 0 Å². The van der Waals surface area contributed by atoms with Crippen LogP contribution in [0.15, 0.2) is 41.3 Å². The van der Waals surface area contributed by atoms with Crippen LogP contribution in [0.3, 0.4) is 0 Å². The molecule has 9 heteroatoms. The van der Waals surface area contributed by atoms with Gasteiger partial charge in [-0.05, 0) is 32.9 Å². The first kappa shape index (κ1) is 18.6. The van der Waals surface area contributed by atoms with Crippen molar-refractivity contribution in [1.29, 1.82) is 0 Å². The second-order valence-corrected chi connectivity index (χ2v) is 6.06. The van der Waals surface area contributed by atoms with Gasteiger partial charge >= 0.3 is 6.03 Å². The number of urea groups is 1. The Kier molecular flexibility index (Phi) is 5.80. The Labute approximate surface area is 157 Å². The fraction of sp³-hybridized carbons (Fsp3) is 0.389.